The van der Waals surface area contributed by atoms with Gasteiger partial charge in [-0.25, -0.2) is 0 Å². The zero-order valence-corrected chi connectivity index (χ0v) is 19.1. The molecule has 6 heteroatoms. The molecule has 3 aromatic rings. The second-order valence-corrected chi connectivity index (χ2v) is 8.09. The van der Waals surface area contributed by atoms with Crippen molar-refractivity contribution in [1.29, 1.82) is 0 Å². The number of hydrogen-bond acceptors (Lipinski definition) is 4. The van der Waals surface area contributed by atoms with E-state index in [2.05, 4.69) is 28.1 Å². The standard InChI is InChI=1S/C27H31N3O3/c1-20(2)27(32)30-24-12-10-22(11-13-24)28-19-26(31)29-23-14-16-25(17-15-23)33-18-6-9-21-7-4-3-5-8-21/h3-5,7-8,10-17,20,28H,6,9,18-19H2,1-2H3,(H,29,31)(H,30,32). The number of amides is 2. The van der Waals surface area contributed by atoms with Crippen molar-refractivity contribution in [2.75, 3.05) is 29.1 Å². The van der Waals surface area contributed by atoms with Crippen molar-refractivity contribution in [3.05, 3.63) is 84.4 Å². The van der Waals surface area contributed by atoms with Gasteiger partial charge in [-0.05, 0) is 66.9 Å². The van der Waals surface area contributed by atoms with Gasteiger partial charge in [-0.3, -0.25) is 9.59 Å². The van der Waals surface area contributed by atoms with Crippen LogP contribution in [0.4, 0.5) is 17.1 Å². The lowest BCUT2D eigenvalue weighted by molar-refractivity contribution is -0.119. The first-order valence-corrected chi connectivity index (χ1v) is 11.2. The molecule has 0 saturated heterocycles. The van der Waals surface area contributed by atoms with Gasteiger partial charge in [0.05, 0.1) is 13.2 Å². The van der Waals surface area contributed by atoms with E-state index in [0.717, 1.165) is 30.0 Å². The highest BCUT2D eigenvalue weighted by atomic mass is 16.5. The fraction of sp³-hybridized carbons (Fsp3) is 0.259. The summed E-state index contributed by atoms with van der Waals surface area (Å²) in [5.74, 6) is 0.526. The summed E-state index contributed by atoms with van der Waals surface area (Å²) in [6, 6.07) is 25.0. The normalized spacial score (nSPS) is 10.5. The topological polar surface area (TPSA) is 79.5 Å². The lowest BCUT2D eigenvalue weighted by atomic mass is 10.1. The fourth-order valence-corrected chi connectivity index (χ4v) is 3.09. The largest absolute Gasteiger partial charge is 0.494 e. The molecule has 0 heterocycles. The minimum absolute atomic E-state index is 0.0290. The number of carbonyl (C=O) groups excluding carboxylic acids is 2. The zero-order chi connectivity index (χ0) is 23.5. The molecule has 0 fully saturated rings. The van der Waals surface area contributed by atoms with Gasteiger partial charge in [0.15, 0.2) is 0 Å². The van der Waals surface area contributed by atoms with Gasteiger partial charge in [0.25, 0.3) is 0 Å². The first kappa shape index (κ1) is 23.9. The van der Waals surface area contributed by atoms with Gasteiger partial charge >= 0.3 is 0 Å². The highest BCUT2D eigenvalue weighted by molar-refractivity contribution is 5.94. The number of benzene rings is 3. The molecule has 3 aromatic carbocycles. The van der Waals surface area contributed by atoms with Gasteiger partial charge in [-0.2, -0.15) is 0 Å². The Bertz CT molecular complexity index is 1020. The summed E-state index contributed by atoms with van der Waals surface area (Å²) in [5.41, 5.74) is 3.55. The Morgan fingerprint density at radius 2 is 1.39 bits per heavy atom. The minimum atomic E-state index is -0.149. The summed E-state index contributed by atoms with van der Waals surface area (Å²) in [6.07, 6.45) is 1.93. The molecular formula is C27H31N3O3. The lowest BCUT2D eigenvalue weighted by Crippen LogP contribution is -2.21. The van der Waals surface area contributed by atoms with E-state index in [1.165, 1.54) is 5.56 Å². The van der Waals surface area contributed by atoms with Crippen LogP contribution in [0.1, 0.15) is 25.8 Å². The molecule has 0 unspecified atom stereocenters. The summed E-state index contributed by atoms with van der Waals surface area (Å²) in [6.45, 7) is 4.47. The van der Waals surface area contributed by atoms with E-state index in [-0.39, 0.29) is 24.3 Å². The predicted molar refractivity (Wildman–Crippen MR) is 134 cm³/mol. The second-order valence-electron chi connectivity index (χ2n) is 8.09. The number of ether oxygens (including phenoxy) is 1. The maximum atomic E-state index is 12.2. The third-order valence-corrected chi connectivity index (χ3v) is 4.99. The van der Waals surface area contributed by atoms with Crippen LogP contribution in [0.15, 0.2) is 78.9 Å². The number of carbonyl (C=O) groups is 2. The molecule has 0 aliphatic heterocycles. The monoisotopic (exact) mass is 445 g/mol. The van der Waals surface area contributed by atoms with Crippen LogP contribution in [0.5, 0.6) is 5.75 Å². The number of aryl methyl sites for hydroxylation is 1. The van der Waals surface area contributed by atoms with Crippen molar-refractivity contribution in [1.82, 2.24) is 0 Å². The van der Waals surface area contributed by atoms with Crippen molar-refractivity contribution in [3.63, 3.8) is 0 Å². The van der Waals surface area contributed by atoms with Crippen molar-refractivity contribution in [2.45, 2.75) is 26.7 Å². The zero-order valence-electron chi connectivity index (χ0n) is 19.1. The molecule has 0 aliphatic carbocycles. The van der Waals surface area contributed by atoms with Gasteiger partial charge in [0.2, 0.25) is 11.8 Å². The number of hydrogen-bond donors (Lipinski definition) is 3. The molecule has 0 bridgehead atoms. The number of anilines is 3. The Morgan fingerprint density at radius 1 is 0.788 bits per heavy atom. The molecule has 6 nitrogen and oxygen atoms in total. The average Bonchev–Trinajstić information content (AvgIpc) is 2.83. The number of nitrogens with one attached hydrogen (secondary N) is 3. The molecule has 0 radical (unpaired) electrons. The van der Waals surface area contributed by atoms with E-state index in [9.17, 15) is 9.59 Å². The summed E-state index contributed by atoms with van der Waals surface area (Å²) in [4.78, 5) is 24.0. The third kappa shape index (κ3) is 8.33. The maximum absolute atomic E-state index is 12.2. The van der Waals surface area contributed by atoms with Crippen LogP contribution in [-0.2, 0) is 16.0 Å². The van der Waals surface area contributed by atoms with E-state index in [1.54, 1.807) is 12.1 Å². The van der Waals surface area contributed by atoms with Gasteiger partial charge in [-0.15, -0.1) is 0 Å². The van der Waals surface area contributed by atoms with Crippen LogP contribution < -0.4 is 20.7 Å². The Kier molecular flexibility index (Phi) is 8.88. The molecule has 0 spiro atoms. The Balaban J connectivity index is 1.36. The lowest BCUT2D eigenvalue weighted by Gasteiger charge is -2.11. The summed E-state index contributed by atoms with van der Waals surface area (Å²) in [5, 5.41) is 8.78. The minimum Gasteiger partial charge on any atom is -0.494 e. The quantitative estimate of drug-likeness (QED) is 0.348. The summed E-state index contributed by atoms with van der Waals surface area (Å²) >= 11 is 0. The average molecular weight is 446 g/mol. The molecule has 172 valence electrons. The molecule has 33 heavy (non-hydrogen) atoms. The second kappa shape index (κ2) is 12.3. The van der Waals surface area contributed by atoms with E-state index in [0.29, 0.717) is 12.3 Å². The molecule has 2 amide bonds. The Labute approximate surface area is 195 Å². The van der Waals surface area contributed by atoms with Crippen molar-refractivity contribution in [3.8, 4) is 5.75 Å². The van der Waals surface area contributed by atoms with E-state index >= 15 is 0 Å². The van der Waals surface area contributed by atoms with Crippen LogP contribution >= 0.6 is 0 Å². The third-order valence-electron chi connectivity index (χ3n) is 4.99. The molecule has 3 rings (SSSR count). The summed E-state index contributed by atoms with van der Waals surface area (Å²) < 4.78 is 5.79. The highest BCUT2D eigenvalue weighted by Crippen LogP contribution is 2.17. The van der Waals surface area contributed by atoms with Crippen LogP contribution in [-0.4, -0.2) is 25.0 Å². The van der Waals surface area contributed by atoms with Gasteiger partial charge < -0.3 is 20.7 Å². The Morgan fingerprint density at radius 3 is 2.06 bits per heavy atom. The van der Waals surface area contributed by atoms with Gasteiger partial charge in [0.1, 0.15) is 5.75 Å². The molecule has 0 atom stereocenters. The SMILES string of the molecule is CC(C)C(=O)Nc1ccc(NCC(=O)Nc2ccc(OCCCc3ccccc3)cc2)cc1. The molecule has 0 aliphatic rings. The maximum Gasteiger partial charge on any atom is 0.243 e. The highest BCUT2D eigenvalue weighted by Gasteiger charge is 2.07. The number of rotatable bonds is 11. The van der Waals surface area contributed by atoms with Gasteiger partial charge in [-0.1, -0.05) is 44.2 Å². The predicted octanol–water partition coefficient (Wildman–Crippen LogP) is 5.34. The molecule has 0 aromatic heterocycles. The smallest absolute Gasteiger partial charge is 0.243 e. The molecule has 3 N–H and O–H groups in total. The van der Waals surface area contributed by atoms with Crippen LogP contribution in [0.3, 0.4) is 0 Å². The van der Waals surface area contributed by atoms with Crippen molar-refractivity contribution >= 4 is 28.9 Å². The fourth-order valence-electron chi connectivity index (χ4n) is 3.09. The first-order chi connectivity index (χ1) is 16.0. The van der Waals surface area contributed by atoms with Crippen LogP contribution in [0, 0.1) is 5.92 Å². The van der Waals surface area contributed by atoms with E-state index < -0.39 is 0 Å². The van der Waals surface area contributed by atoms with Crippen molar-refractivity contribution < 1.29 is 14.3 Å². The van der Waals surface area contributed by atoms with Crippen LogP contribution in [0.25, 0.3) is 0 Å². The van der Waals surface area contributed by atoms with E-state index in [1.807, 2.05) is 68.4 Å². The Hall–Kier alpha value is -3.80. The first-order valence-electron chi connectivity index (χ1n) is 11.2. The molecule has 0 saturated carbocycles. The summed E-state index contributed by atoms with van der Waals surface area (Å²) in [7, 11) is 0. The van der Waals surface area contributed by atoms with E-state index in [4.69, 9.17) is 4.74 Å². The van der Waals surface area contributed by atoms with Crippen molar-refractivity contribution in [2.24, 2.45) is 5.92 Å². The van der Waals surface area contributed by atoms with Gasteiger partial charge in [0, 0.05) is 23.0 Å². The van der Waals surface area contributed by atoms with Crippen LogP contribution in [0.2, 0.25) is 0 Å². The molecular weight excluding hydrogens is 414 g/mol.